The molecule has 2 bridgehead atoms. The lowest BCUT2D eigenvalue weighted by Crippen LogP contribution is -2.42. The van der Waals surface area contributed by atoms with Crippen LogP contribution >= 0.6 is 23.4 Å². The zero-order valence-electron chi connectivity index (χ0n) is 14.3. The second-order valence-corrected chi connectivity index (χ2v) is 9.32. The van der Waals surface area contributed by atoms with Gasteiger partial charge in [0.05, 0.1) is 10.9 Å². The number of benzene rings is 1. The van der Waals surface area contributed by atoms with Crippen LogP contribution in [0, 0.1) is 17.8 Å². The molecule has 5 atom stereocenters. The molecule has 0 aromatic heterocycles. The summed E-state index contributed by atoms with van der Waals surface area (Å²) in [4.78, 5) is 25.7. The third kappa shape index (κ3) is 3.54. The van der Waals surface area contributed by atoms with Crippen molar-refractivity contribution in [2.45, 2.75) is 55.2 Å². The van der Waals surface area contributed by atoms with Gasteiger partial charge in [0.1, 0.15) is 0 Å². The maximum Gasteiger partial charge on any atom is 0.238 e. The summed E-state index contributed by atoms with van der Waals surface area (Å²) in [7, 11) is 0. The molecule has 4 rings (SSSR count). The number of fused-ring (bicyclic) bond motifs is 3. The van der Waals surface area contributed by atoms with Crippen molar-refractivity contribution in [1.29, 1.82) is 0 Å². The fourth-order valence-corrected chi connectivity index (χ4v) is 6.01. The van der Waals surface area contributed by atoms with E-state index in [9.17, 15) is 9.59 Å². The summed E-state index contributed by atoms with van der Waals surface area (Å²) < 4.78 is 0. The first kappa shape index (κ1) is 17.2. The SMILES string of the molecule is C[C@H](NC(=O)C[C@@H]1Sc2ccc(Cl)cc2NC1=O)[C@H]1C[C@H]2CC[C@H]1C2. The molecule has 1 aliphatic heterocycles. The van der Waals surface area contributed by atoms with Gasteiger partial charge in [-0.1, -0.05) is 18.0 Å². The van der Waals surface area contributed by atoms with Gasteiger partial charge in [-0.25, -0.2) is 0 Å². The minimum atomic E-state index is -0.388. The number of thioether (sulfide) groups is 1. The van der Waals surface area contributed by atoms with E-state index >= 15 is 0 Å². The molecule has 2 N–H and O–H groups in total. The molecule has 1 aromatic rings. The van der Waals surface area contributed by atoms with Crippen molar-refractivity contribution >= 4 is 40.9 Å². The highest BCUT2D eigenvalue weighted by Crippen LogP contribution is 2.49. The van der Waals surface area contributed by atoms with Gasteiger partial charge in [0.25, 0.3) is 0 Å². The molecule has 2 fully saturated rings. The van der Waals surface area contributed by atoms with Gasteiger partial charge in [-0.05, 0) is 62.1 Å². The van der Waals surface area contributed by atoms with Gasteiger partial charge in [0, 0.05) is 22.4 Å². The number of hydrogen-bond acceptors (Lipinski definition) is 3. The lowest BCUT2D eigenvalue weighted by atomic mass is 9.84. The van der Waals surface area contributed by atoms with Crippen LogP contribution in [0.2, 0.25) is 5.02 Å². The smallest absolute Gasteiger partial charge is 0.238 e. The average Bonchev–Trinajstić information content (AvgIpc) is 3.19. The minimum absolute atomic E-state index is 0.0275. The Kier molecular flexibility index (Phi) is 4.71. The summed E-state index contributed by atoms with van der Waals surface area (Å²) in [6.07, 6.45) is 5.48. The van der Waals surface area contributed by atoms with Gasteiger partial charge in [-0.15, -0.1) is 11.8 Å². The number of halogens is 1. The van der Waals surface area contributed by atoms with Crippen LogP contribution in [-0.2, 0) is 9.59 Å². The van der Waals surface area contributed by atoms with Crippen molar-refractivity contribution in [3.05, 3.63) is 23.2 Å². The number of carbonyl (C=O) groups excluding carboxylic acids is 2. The van der Waals surface area contributed by atoms with Crippen molar-refractivity contribution in [3.63, 3.8) is 0 Å². The lowest BCUT2D eigenvalue weighted by Gasteiger charge is -2.29. The predicted molar refractivity (Wildman–Crippen MR) is 101 cm³/mol. The van der Waals surface area contributed by atoms with Gasteiger partial charge in [0.2, 0.25) is 11.8 Å². The van der Waals surface area contributed by atoms with Crippen LogP contribution in [0.5, 0.6) is 0 Å². The maximum absolute atomic E-state index is 12.5. The lowest BCUT2D eigenvalue weighted by molar-refractivity contribution is -0.124. The van der Waals surface area contributed by atoms with Crippen LogP contribution in [0.25, 0.3) is 0 Å². The molecule has 0 saturated heterocycles. The van der Waals surface area contributed by atoms with Crippen molar-refractivity contribution in [1.82, 2.24) is 5.32 Å². The second kappa shape index (κ2) is 6.84. The van der Waals surface area contributed by atoms with Crippen LogP contribution in [0.15, 0.2) is 23.1 Å². The maximum atomic E-state index is 12.5. The number of carbonyl (C=O) groups is 2. The molecule has 1 aromatic carbocycles. The molecule has 6 heteroatoms. The largest absolute Gasteiger partial charge is 0.353 e. The van der Waals surface area contributed by atoms with Gasteiger partial charge in [-0.3, -0.25) is 9.59 Å². The molecule has 0 radical (unpaired) electrons. The van der Waals surface area contributed by atoms with Crippen LogP contribution in [-0.4, -0.2) is 23.1 Å². The number of rotatable bonds is 4. The number of amides is 2. The highest BCUT2D eigenvalue weighted by molar-refractivity contribution is 8.01. The van der Waals surface area contributed by atoms with Gasteiger partial charge < -0.3 is 10.6 Å². The molecule has 0 spiro atoms. The van der Waals surface area contributed by atoms with Crippen LogP contribution < -0.4 is 10.6 Å². The summed E-state index contributed by atoms with van der Waals surface area (Å²) in [5.74, 6) is 2.11. The Morgan fingerprint density at radius 2 is 2.24 bits per heavy atom. The van der Waals surface area contributed by atoms with Crippen LogP contribution in [0.3, 0.4) is 0 Å². The standard InChI is InChI=1S/C19H23ClN2O2S/c1-10(14-7-11-2-3-12(14)6-11)21-18(23)9-17-19(24)22-15-8-13(20)4-5-16(15)25-17/h4-5,8,10-12,14,17H,2-3,6-7,9H2,1H3,(H,21,23)(H,22,24)/t10-,11-,12-,14+,17-/m0/s1. The number of anilines is 1. The Morgan fingerprint density at radius 1 is 1.40 bits per heavy atom. The van der Waals surface area contributed by atoms with E-state index in [1.807, 2.05) is 6.07 Å². The Bertz CT molecular complexity index is 711. The Morgan fingerprint density at radius 3 is 2.96 bits per heavy atom. The second-order valence-electron chi connectivity index (χ2n) is 7.64. The van der Waals surface area contributed by atoms with E-state index in [0.29, 0.717) is 10.9 Å². The molecular formula is C19H23ClN2O2S. The summed E-state index contributed by atoms with van der Waals surface area (Å²) in [6.45, 7) is 2.12. The quantitative estimate of drug-likeness (QED) is 0.829. The zero-order valence-corrected chi connectivity index (χ0v) is 15.8. The van der Waals surface area contributed by atoms with Crippen LogP contribution in [0.4, 0.5) is 5.69 Å². The molecule has 1 heterocycles. The zero-order chi connectivity index (χ0) is 17.6. The van der Waals surface area contributed by atoms with Crippen molar-refractivity contribution < 1.29 is 9.59 Å². The van der Waals surface area contributed by atoms with E-state index in [1.165, 1.54) is 37.4 Å². The summed E-state index contributed by atoms with van der Waals surface area (Å²) in [6, 6.07) is 5.64. The van der Waals surface area contributed by atoms with E-state index in [4.69, 9.17) is 11.6 Å². The Hall–Kier alpha value is -1.20. The normalized spacial score (nSPS) is 31.4. The van der Waals surface area contributed by atoms with Crippen LogP contribution in [0.1, 0.15) is 39.0 Å². The van der Waals surface area contributed by atoms with Crippen molar-refractivity contribution in [3.8, 4) is 0 Å². The third-order valence-corrected chi connectivity index (χ3v) is 7.47. The topological polar surface area (TPSA) is 58.2 Å². The third-order valence-electron chi connectivity index (χ3n) is 5.96. The monoisotopic (exact) mass is 378 g/mol. The fourth-order valence-electron chi connectivity index (χ4n) is 4.75. The Labute approximate surface area is 157 Å². The van der Waals surface area contributed by atoms with Gasteiger partial charge in [-0.2, -0.15) is 0 Å². The van der Waals surface area contributed by atoms with E-state index in [-0.39, 0.29) is 29.5 Å². The van der Waals surface area contributed by atoms with E-state index < -0.39 is 0 Å². The first-order chi connectivity index (χ1) is 12.0. The fraction of sp³-hybridized carbons (Fsp3) is 0.579. The molecule has 0 unspecified atom stereocenters. The van der Waals surface area contributed by atoms with Gasteiger partial charge in [0.15, 0.2) is 0 Å². The average molecular weight is 379 g/mol. The number of nitrogens with one attached hydrogen (secondary N) is 2. The summed E-state index contributed by atoms with van der Waals surface area (Å²) in [5.41, 5.74) is 0.731. The summed E-state index contributed by atoms with van der Waals surface area (Å²) >= 11 is 7.41. The molecule has 4 nitrogen and oxygen atoms in total. The first-order valence-electron chi connectivity index (χ1n) is 9.06. The highest BCUT2D eigenvalue weighted by Gasteiger charge is 2.42. The Balaban J connectivity index is 1.34. The molecule has 3 aliphatic rings. The predicted octanol–water partition coefficient (Wildman–Crippen LogP) is 4.08. The molecule has 134 valence electrons. The molecule has 25 heavy (non-hydrogen) atoms. The van der Waals surface area contributed by atoms with E-state index in [0.717, 1.165) is 22.4 Å². The van der Waals surface area contributed by atoms with E-state index in [2.05, 4.69) is 17.6 Å². The first-order valence-corrected chi connectivity index (χ1v) is 10.3. The van der Waals surface area contributed by atoms with Crippen molar-refractivity contribution in [2.75, 3.05) is 5.32 Å². The highest BCUT2D eigenvalue weighted by atomic mass is 35.5. The van der Waals surface area contributed by atoms with Gasteiger partial charge >= 0.3 is 0 Å². The summed E-state index contributed by atoms with van der Waals surface area (Å²) in [5, 5.41) is 6.22. The molecular weight excluding hydrogens is 356 g/mol. The molecule has 2 aliphatic carbocycles. The number of hydrogen-bond donors (Lipinski definition) is 2. The molecule has 2 amide bonds. The minimum Gasteiger partial charge on any atom is -0.353 e. The molecule has 2 saturated carbocycles. The van der Waals surface area contributed by atoms with Crippen molar-refractivity contribution in [2.24, 2.45) is 17.8 Å². The van der Waals surface area contributed by atoms with E-state index in [1.54, 1.807) is 12.1 Å².